The minimum Gasteiger partial charge on any atom is -0.406 e. The van der Waals surface area contributed by atoms with Crippen molar-refractivity contribution in [1.29, 1.82) is 0 Å². The molecule has 1 aliphatic heterocycles. The molecule has 1 unspecified atom stereocenters. The summed E-state index contributed by atoms with van der Waals surface area (Å²) in [6.07, 6.45) is -1.56. The summed E-state index contributed by atoms with van der Waals surface area (Å²) in [5.41, 5.74) is 0.492. The molecule has 0 spiro atoms. The number of hydrogen-bond acceptors (Lipinski definition) is 5. The van der Waals surface area contributed by atoms with Crippen molar-refractivity contribution in [3.8, 4) is 5.75 Å². The lowest BCUT2D eigenvalue weighted by Gasteiger charge is -2.38. The fourth-order valence-corrected chi connectivity index (χ4v) is 3.63. The Morgan fingerprint density at radius 3 is 2.44 bits per heavy atom. The summed E-state index contributed by atoms with van der Waals surface area (Å²) in [6.45, 7) is 3.71. The van der Waals surface area contributed by atoms with Gasteiger partial charge in [0.05, 0.1) is 5.60 Å². The second kappa shape index (κ2) is 7.36. The zero-order valence-corrected chi connectivity index (χ0v) is 15.6. The van der Waals surface area contributed by atoms with E-state index in [4.69, 9.17) is 0 Å². The average Bonchev–Trinajstić information content (AvgIpc) is 3.07. The Bertz CT molecular complexity index is 822. The van der Waals surface area contributed by atoms with Gasteiger partial charge in [-0.25, -0.2) is 0 Å². The third kappa shape index (κ3) is 5.11. The van der Waals surface area contributed by atoms with E-state index in [1.807, 2.05) is 22.4 Å². The first kappa shape index (κ1) is 19.4. The first-order valence-electron chi connectivity index (χ1n) is 8.24. The normalized spacial score (nSPS) is 17.8. The van der Waals surface area contributed by atoms with Gasteiger partial charge in [-0.2, -0.15) is 0 Å². The minimum atomic E-state index is -4.73. The van der Waals surface area contributed by atoms with Crippen LogP contribution in [-0.4, -0.2) is 34.7 Å². The highest BCUT2D eigenvalue weighted by Gasteiger charge is 2.32. The zero-order valence-electron chi connectivity index (χ0n) is 14.8. The van der Waals surface area contributed by atoms with Crippen LogP contribution in [0.1, 0.15) is 30.5 Å². The Hall–Kier alpha value is -2.32. The van der Waals surface area contributed by atoms with E-state index in [2.05, 4.69) is 9.73 Å². The van der Waals surface area contributed by atoms with Gasteiger partial charge in [0.15, 0.2) is 6.17 Å². The van der Waals surface area contributed by atoms with Gasteiger partial charge >= 0.3 is 6.36 Å². The van der Waals surface area contributed by atoms with E-state index >= 15 is 0 Å². The summed E-state index contributed by atoms with van der Waals surface area (Å²) >= 11 is 1.56. The van der Waals surface area contributed by atoms with Crippen molar-refractivity contribution in [3.05, 3.63) is 58.3 Å². The number of aliphatic hydroxyl groups is 1. The highest BCUT2D eigenvalue weighted by Crippen LogP contribution is 2.37. The third-order valence-electron chi connectivity index (χ3n) is 3.80. The number of rotatable bonds is 5. The van der Waals surface area contributed by atoms with E-state index in [1.165, 1.54) is 12.1 Å². The molecular weight excluding hydrogens is 377 g/mol. The summed E-state index contributed by atoms with van der Waals surface area (Å²) in [5.74, 6) is -0.278. The molecule has 0 bridgehead atoms. The Kier molecular flexibility index (Phi) is 5.30. The van der Waals surface area contributed by atoms with Crippen molar-refractivity contribution < 1.29 is 23.0 Å². The van der Waals surface area contributed by atoms with Gasteiger partial charge in [0.2, 0.25) is 0 Å². The highest BCUT2D eigenvalue weighted by molar-refractivity contribution is 7.10. The van der Waals surface area contributed by atoms with Crippen molar-refractivity contribution in [2.45, 2.75) is 32.0 Å². The second-order valence-electron chi connectivity index (χ2n) is 6.75. The van der Waals surface area contributed by atoms with E-state index in [9.17, 15) is 18.3 Å². The number of halogens is 3. The highest BCUT2D eigenvalue weighted by atomic mass is 32.1. The maximum absolute atomic E-state index is 12.4. The van der Waals surface area contributed by atoms with Gasteiger partial charge < -0.3 is 14.7 Å². The monoisotopic (exact) mass is 396 g/mol. The van der Waals surface area contributed by atoms with Crippen LogP contribution < -0.4 is 4.74 Å². The SMILES string of the molecule is CC(C)(O)CN1C(c2ccc(OC(F)(F)F)cc2)=CC=NC1c1cccs1. The summed E-state index contributed by atoms with van der Waals surface area (Å²) < 4.78 is 41.0. The second-order valence-corrected chi connectivity index (χ2v) is 7.73. The zero-order chi connectivity index (χ0) is 19.7. The van der Waals surface area contributed by atoms with Gasteiger partial charge in [0.1, 0.15) is 5.75 Å². The number of benzene rings is 1. The van der Waals surface area contributed by atoms with Crippen LogP contribution in [-0.2, 0) is 0 Å². The lowest BCUT2D eigenvalue weighted by molar-refractivity contribution is -0.274. The average molecular weight is 396 g/mol. The molecule has 0 amide bonds. The predicted octanol–water partition coefficient (Wildman–Crippen LogP) is 4.84. The lowest BCUT2D eigenvalue weighted by atomic mass is 10.0. The summed E-state index contributed by atoms with van der Waals surface area (Å²) in [5, 5.41) is 12.3. The van der Waals surface area contributed by atoms with Gasteiger partial charge in [-0.1, -0.05) is 6.07 Å². The summed E-state index contributed by atoms with van der Waals surface area (Å²) in [7, 11) is 0. The van der Waals surface area contributed by atoms with Crippen molar-refractivity contribution in [1.82, 2.24) is 4.90 Å². The molecule has 144 valence electrons. The van der Waals surface area contributed by atoms with Crippen molar-refractivity contribution in [2.24, 2.45) is 4.99 Å². The van der Waals surface area contributed by atoms with Crippen LogP contribution in [0.25, 0.3) is 5.70 Å². The van der Waals surface area contributed by atoms with Crippen LogP contribution >= 0.6 is 11.3 Å². The number of alkyl halides is 3. The Morgan fingerprint density at radius 1 is 1.19 bits per heavy atom. The smallest absolute Gasteiger partial charge is 0.406 e. The number of β-amino-alcohol motifs (C(OH)–C–C–N with tert-alkyl or cyclic N) is 1. The molecule has 1 aliphatic rings. The standard InChI is InChI=1S/C19H19F3N2O2S/c1-18(2,25)12-24-15(9-10-23-17(24)16-4-3-11-27-16)13-5-7-14(8-6-13)26-19(20,21)22/h3-11,17,25H,12H2,1-2H3. The van der Waals surface area contributed by atoms with Crippen molar-refractivity contribution >= 4 is 23.2 Å². The van der Waals surface area contributed by atoms with Gasteiger partial charge in [-0.3, -0.25) is 4.99 Å². The number of thiophene rings is 1. The molecule has 3 rings (SSSR count). The molecular formula is C19H19F3N2O2S. The minimum absolute atomic E-state index is 0.278. The molecule has 0 fully saturated rings. The van der Waals surface area contributed by atoms with Crippen molar-refractivity contribution in [2.75, 3.05) is 6.54 Å². The van der Waals surface area contributed by atoms with E-state index in [0.717, 1.165) is 10.6 Å². The van der Waals surface area contributed by atoms with E-state index in [0.29, 0.717) is 12.1 Å². The third-order valence-corrected chi connectivity index (χ3v) is 4.72. The molecule has 0 aliphatic carbocycles. The Morgan fingerprint density at radius 2 is 1.89 bits per heavy atom. The van der Waals surface area contributed by atoms with Crippen LogP contribution in [0.5, 0.6) is 5.75 Å². The number of aliphatic imine (C=N–C) groups is 1. The largest absolute Gasteiger partial charge is 0.573 e. The quantitative estimate of drug-likeness (QED) is 0.786. The molecule has 1 N–H and O–H groups in total. The van der Waals surface area contributed by atoms with E-state index in [1.54, 1.807) is 49.6 Å². The molecule has 0 saturated heterocycles. The van der Waals surface area contributed by atoms with Crippen LogP contribution in [0.4, 0.5) is 13.2 Å². The predicted molar refractivity (Wildman–Crippen MR) is 99.7 cm³/mol. The molecule has 1 aromatic heterocycles. The fourth-order valence-electron chi connectivity index (χ4n) is 2.85. The van der Waals surface area contributed by atoms with Gasteiger partial charge in [0.25, 0.3) is 0 Å². The Labute approximate surface area is 159 Å². The number of allylic oxidation sites excluding steroid dienone is 1. The first-order valence-corrected chi connectivity index (χ1v) is 9.12. The maximum atomic E-state index is 12.4. The van der Waals surface area contributed by atoms with Gasteiger partial charge in [-0.05, 0) is 61.2 Å². The molecule has 2 aromatic rings. The number of nitrogens with zero attached hydrogens (tertiary/aromatic N) is 2. The number of ether oxygens (including phenoxy) is 1. The Balaban J connectivity index is 1.92. The van der Waals surface area contributed by atoms with Crippen molar-refractivity contribution in [3.63, 3.8) is 0 Å². The summed E-state index contributed by atoms with van der Waals surface area (Å²) in [4.78, 5) is 7.49. The molecule has 4 nitrogen and oxygen atoms in total. The van der Waals surface area contributed by atoms with E-state index < -0.39 is 12.0 Å². The fraction of sp³-hybridized carbons (Fsp3) is 0.316. The number of hydrogen-bond donors (Lipinski definition) is 1. The van der Waals surface area contributed by atoms with E-state index in [-0.39, 0.29) is 11.9 Å². The molecule has 8 heteroatoms. The first-order chi connectivity index (χ1) is 12.6. The topological polar surface area (TPSA) is 45.1 Å². The molecule has 0 saturated carbocycles. The van der Waals surface area contributed by atoms with Gasteiger partial charge in [-0.15, -0.1) is 24.5 Å². The van der Waals surface area contributed by atoms with Crippen LogP contribution in [0.3, 0.4) is 0 Å². The molecule has 0 radical (unpaired) electrons. The van der Waals surface area contributed by atoms with Crippen LogP contribution in [0.15, 0.2) is 52.8 Å². The lowest BCUT2D eigenvalue weighted by Crippen LogP contribution is -2.40. The van der Waals surface area contributed by atoms with Gasteiger partial charge in [0, 0.05) is 23.3 Å². The molecule has 1 atom stereocenters. The molecule has 1 aromatic carbocycles. The van der Waals surface area contributed by atoms with Crippen LogP contribution in [0, 0.1) is 0 Å². The maximum Gasteiger partial charge on any atom is 0.573 e. The van der Waals surface area contributed by atoms with Crippen LogP contribution in [0.2, 0.25) is 0 Å². The molecule has 27 heavy (non-hydrogen) atoms. The molecule has 2 heterocycles. The summed E-state index contributed by atoms with van der Waals surface area (Å²) in [6, 6.07) is 9.58.